The second kappa shape index (κ2) is 7.51. The van der Waals surface area contributed by atoms with Crippen LogP contribution in [0.15, 0.2) is 24.3 Å². The molecule has 1 aromatic carbocycles. The standard InChI is InChI=1S/C15H22N2O.ClH/c1-11(9-16)15(18)17-10-13-7-4-6-12-5-2-3-8-14(12)13;/h2-3,5,8,11,13H,4,6-7,9-10,16H2,1H3,(H,17,18);1H. The summed E-state index contributed by atoms with van der Waals surface area (Å²) >= 11 is 0. The molecular formula is C15H23ClN2O. The van der Waals surface area contributed by atoms with Gasteiger partial charge in [-0.2, -0.15) is 0 Å². The van der Waals surface area contributed by atoms with E-state index in [0.717, 1.165) is 13.0 Å². The van der Waals surface area contributed by atoms with E-state index in [1.165, 1.54) is 24.0 Å². The predicted octanol–water partition coefficient (Wildman–Crippen LogP) is 2.24. The molecule has 0 heterocycles. The average molecular weight is 283 g/mol. The molecule has 2 unspecified atom stereocenters. The Labute approximate surface area is 121 Å². The Balaban J connectivity index is 0.00000180. The highest BCUT2D eigenvalue weighted by Crippen LogP contribution is 2.30. The Bertz CT molecular complexity index is 422. The number of carbonyl (C=O) groups is 1. The first-order chi connectivity index (χ1) is 8.72. The number of benzene rings is 1. The monoisotopic (exact) mass is 282 g/mol. The summed E-state index contributed by atoms with van der Waals surface area (Å²) in [6, 6.07) is 8.57. The molecule has 2 rings (SSSR count). The number of rotatable bonds is 4. The van der Waals surface area contributed by atoms with Crippen LogP contribution in [0, 0.1) is 5.92 Å². The van der Waals surface area contributed by atoms with Crippen LogP contribution in [0.4, 0.5) is 0 Å². The number of nitrogens with two attached hydrogens (primary N) is 1. The molecule has 3 nitrogen and oxygen atoms in total. The Morgan fingerprint density at radius 1 is 1.47 bits per heavy atom. The SMILES string of the molecule is CC(CN)C(=O)NCC1CCCc2ccccc21.Cl. The first-order valence-electron chi connectivity index (χ1n) is 6.78. The van der Waals surface area contributed by atoms with Crippen molar-refractivity contribution in [2.24, 2.45) is 11.7 Å². The molecule has 0 saturated heterocycles. The molecule has 4 heteroatoms. The van der Waals surface area contributed by atoms with Crippen molar-refractivity contribution < 1.29 is 4.79 Å². The fourth-order valence-electron chi connectivity index (χ4n) is 2.57. The molecule has 1 amide bonds. The number of hydrogen-bond acceptors (Lipinski definition) is 2. The Hall–Kier alpha value is -1.06. The van der Waals surface area contributed by atoms with Gasteiger partial charge in [0, 0.05) is 24.9 Å². The van der Waals surface area contributed by atoms with Crippen LogP contribution in [-0.2, 0) is 11.2 Å². The van der Waals surface area contributed by atoms with E-state index >= 15 is 0 Å². The number of aryl methyl sites for hydroxylation is 1. The van der Waals surface area contributed by atoms with Crippen LogP contribution in [-0.4, -0.2) is 19.0 Å². The summed E-state index contributed by atoms with van der Waals surface area (Å²) in [5.74, 6) is 0.438. The molecule has 0 aromatic heterocycles. The van der Waals surface area contributed by atoms with E-state index in [9.17, 15) is 4.79 Å². The quantitative estimate of drug-likeness (QED) is 0.890. The number of hydrogen-bond donors (Lipinski definition) is 2. The number of amides is 1. The van der Waals surface area contributed by atoms with E-state index < -0.39 is 0 Å². The molecule has 1 aromatic rings. The third-order valence-electron chi connectivity index (χ3n) is 3.82. The van der Waals surface area contributed by atoms with Crippen LogP contribution in [0.25, 0.3) is 0 Å². The van der Waals surface area contributed by atoms with Gasteiger partial charge in [-0.3, -0.25) is 4.79 Å². The first kappa shape index (κ1) is 16.0. The van der Waals surface area contributed by atoms with Gasteiger partial charge in [-0.25, -0.2) is 0 Å². The van der Waals surface area contributed by atoms with Gasteiger partial charge >= 0.3 is 0 Å². The highest BCUT2D eigenvalue weighted by atomic mass is 35.5. The lowest BCUT2D eigenvalue weighted by Crippen LogP contribution is -2.36. The number of carbonyl (C=O) groups excluding carboxylic acids is 1. The van der Waals surface area contributed by atoms with Crippen molar-refractivity contribution in [1.82, 2.24) is 5.32 Å². The zero-order chi connectivity index (χ0) is 13.0. The molecule has 2 atom stereocenters. The smallest absolute Gasteiger partial charge is 0.224 e. The minimum Gasteiger partial charge on any atom is -0.355 e. The van der Waals surface area contributed by atoms with Crippen molar-refractivity contribution in [2.45, 2.75) is 32.1 Å². The molecule has 3 N–H and O–H groups in total. The van der Waals surface area contributed by atoms with Gasteiger partial charge < -0.3 is 11.1 Å². The summed E-state index contributed by atoms with van der Waals surface area (Å²) in [6.07, 6.45) is 3.54. The summed E-state index contributed by atoms with van der Waals surface area (Å²) < 4.78 is 0. The fraction of sp³-hybridized carbons (Fsp3) is 0.533. The van der Waals surface area contributed by atoms with Crippen molar-refractivity contribution in [3.8, 4) is 0 Å². The van der Waals surface area contributed by atoms with Crippen molar-refractivity contribution >= 4 is 18.3 Å². The minimum atomic E-state index is -0.0937. The topological polar surface area (TPSA) is 55.1 Å². The number of nitrogens with one attached hydrogen (secondary N) is 1. The Kier molecular flexibility index (Phi) is 6.32. The van der Waals surface area contributed by atoms with Gasteiger partial charge in [0.25, 0.3) is 0 Å². The van der Waals surface area contributed by atoms with Gasteiger partial charge in [-0.15, -0.1) is 12.4 Å². The van der Waals surface area contributed by atoms with Crippen molar-refractivity contribution in [3.63, 3.8) is 0 Å². The second-order valence-corrected chi connectivity index (χ2v) is 5.17. The van der Waals surface area contributed by atoms with Gasteiger partial charge in [0.1, 0.15) is 0 Å². The molecule has 0 saturated carbocycles. The summed E-state index contributed by atoms with van der Waals surface area (Å²) in [6.45, 7) is 3.01. The van der Waals surface area contributed by atoms with E-state index in [1.54, 1.807) is 0 Å². The molecule has 0 radical (unpaired) electrons. The maximum Gasteiger partial charge on any atom is 0.224 e. The molecule has 0 fully saturated rings. The first-order valence-corrected chi connectivity index (χ1v) is 6.78. The normalized spacial score (nSPS) is 18.9. The molecule has 19 heavy (non-hydrogen) atoms. The highest BCUT2D eigenvalue weighted by Gasteiger charge is 2.20. The summed E-state index contributed by atoms with van der Waals surface area (Å²) in [5.41, 5.74) is 8.34. The molecule has 106 valence electrons. The van der Waals surface area contributed by atoms with Crippen LogP contribution < -0.4 is 11.1 Å². The molecule has 1 aliphatic carbocycles. The molecule has 0 bridgehead atoms. The summed E-state index contributed by atoms with van der Waals surface area (Å²) in [4.78, 5) is 11.7. The second-order valence-electron chi connectivity index (χ2n) is 5.17. The third-order valence-corrected chi connectivity index (χ3v) is 3.82. The van der Waals surface area contributed by atoms with E-state index in [2.05, 4.69) is 29.6 Å². The van der Waals surface area contributed by atoms with E-state index in [-0.39, 0.29) is 24.2 Å². The highest BCUT2D eigenvalue weighted by molar-refractivity contribution is 5.85. The average Bonchev–Trinajstić information content (AvgIpc) is 2.43. The van der Waals surface area contributed by atoms with Crippen LogP contribution in [0.5, 0.6) is 0 Å². The van der Waals surface area contributed by atoms with E-state index in [1.807, 2.05) is 6.92 Å². The summed E-state index contributed by atoms with van der Waals surface area (Å²) in [5, 5.41) is 3.03. The number of halogens is 1. The fourth-order valence-corrected chi connectivity index (χ4v) is 2.57. The zero-order valence-electron chi connectivity index (χ0n) is 11.4. The van der Waals surface area contributed by atoms with Crippen LogP contribution >= 0.6 is 12.4 Å². The van der Waals surface area contributed by atoms with Crippen molar-refractivity contribution in [3.05, 3.63) is 35.4 Å². The minimum absolute atomic E-state index is 0. The van der Waals surface area contributed by atoms with Gasteiger partial charge in [0.2, 0.25) is 5.91 Å². The van der Waals surface area contributed by atoms with Gasteiger partial charge in [-0.05, 0) is 30.4 Å². The maximum atomic E-state index is 11.7. The van der Waals surface area contributed by atoms with E-state index in [0.29, 0.717) is 12.5 Å². The van der Waals surface area contributed by atoms with Crippen LogP contribution in [0.3, 0.4) is 0 Å². The largest absolute Gasteiger partial charge is 0.355 e. The number of fused-ring (bicyclic) bond motifs is 1. The molecule has 0 spiro atoms. The lowest BCUT2D eigenvalue weighted by molar-refractivity contribution is -0.124. The van der Waals surface area contributed by atoms with Gasteiger partial charge in [-0.1, -0.05) is 31.2 Å². The lowest BCUT2D eigenvalue weighted by atomic mass is 9.83. The zero-order valence-corrected chi connectivity index (χ0v) is 12.2. The van der Waals surface area contributed by atoms with Gasteiger partial charge in [0.05, 0.1) is 0 Å². The predicted molar refractivity (Wildman–Crippen MR) is 80.6 cm³/mol. The molecule has 1 aliphatic rings. The van der Waals surface area contributed by atoms with Crippen molar-refractivity contribution in [1.29, 1.82) is 0 Å². The van der Waals surface area contributed by atoms with E-state index in [4.69, 9.17) is 5.73 Å². The van der Waals surface area contributed by atoms with Crippen molar-refractivity contribution in [2.75, 3.05) is 13.1 Å². The van der Waals surface area contributed by atoms with Crippen LogP contribution in [0.2, 0.25) is 0 Å². The lowest BCUT2D eigenvalue weighted by Gasteiger charge is -2.26. The van der Waals surface area contributed by atoms with Crippen LogP contribution in [0.1, 0.15) is 36.8 Å². The molecule has 0 aliphatic heterocycles. The van der Waals surface area contributed by atoms with Gasteiger partial charge in [0.15, 0.2) is 0 Å². The summed E-state index contributed by atoms with van der Waals surface area (Å²) in [7, 11) is 0. The Morgan fingerprint density at radius 2 is 2.21 bits per heavy atom. The molecular weight excluding hydrogens is 260 g/mol. The third kappa shape index (κ3) is 3.95. The maximum absolute atomic E-state index is 11.7. The Morgan fingerprint density at radius 3 is 2.95 bits per heavy atom.